The average molecular weight is 471 g/mol. The lowest BCUT2D eigenvalue weighted by molar-refractivity contribution is -0.168. The molecule has 10 heteroatoms. The summed E-state index contributed by atoms with van der Waals surface area (Å²) in [6, 6.07) is 5.93. The van der Waals surface area contributed by atoms with Crippen molar-refractivity contribution in [1.82, 2.24) is 10.3 Å². The van der Waals surface area contributed by atoms with Crippen LogP contribution in [0.2, 0.25) is 0 Å². The van der Waals surface area contributed by atoms with Gasteiger partial charge in [0.1, 0.15) is 23.7 Å². The number of aliphatic hydroxyl groups is 1. The molecular formula is C24H26FN3O6. The first-order valence-electron chi connectivity index (χ1n) is 11.0. The second-order valence-corrected chi connectivity index (χ2v) is 8.51. The number of amides is 2. The van der Waals surface area contributed by atoms with Gasteiger partial charge in [0.05, 0.1) is 25.3 Å². The number of carbonyl (C=O) groups is 3. The SMILES string of the molecule is CCOC(=O)C1(C)C(=O)N2CC(CC(=O)NC)Oc3c(Cc4ccc(F)cc4)cnc(c32)C1O. The fourth-order valence-corrected chi connectivity index (χ4v) is 4.33. The summed E-state index contributed by atoms with van der Waals surface area (Å²) >= 11 is 0. The van der Waals surface area contributed by atoms with Crippen molar-refractivity contribution in [2.24, 2.45) is 5.41 Å². The van der Waals surface area contributed by atoms with E-state index in [4.69, 9.17) is 9.47 Å². The third-order valence-corrected chi connectivity index (χ3v) is 6.24. The van der Waals surface area contributed by atoms with Crippen molar-refractivity contribution in [3.8, 4) is 5.75 Å². The van der Waals surface area contributed by atoms with E-state index in [1.165, 1.54) is 37.2 Å². The number of rotatable bonds is 6. The Balaban J connectivity index is 1.83. The van der Waals surface area contributed by atoms with Crippen LogP contribution >= 0.6 is 0 Å². The topological polar surface area (TPSA) is 118 Å². The molecule has 0 bridgehead atoms. The highest BCUT2D eigenvalue weighted by Gasteiger charge is 2.58. The summed E-state index contributed by atoms with van der Waals surface area (Å²) in [4.78, 5) is 44.2. The van der Waals surface area contributed by atoms with Crippen LogP contribution in [0.3, 0.4) is 0 Å². The first-order chi connectivity index (χ1) is 16.2. The quantitative estimate of drug-likeness (QED) is 0.486. The molecule has 3 heterocycles. The zero-order valence-electron chi connectivity index (χ0n) is 19.1. The van der Waals surface area contributed by atoms with Crippen LogP contribution in [0.25, 0.3) is 0 Å². The molecular weight excluding hydrogens is 445 g/mol. The van der Waals surface area contributed by atoms with E-state index in [1.807, 2.05) is 0 Å². The average Bonchev–Trinajstić information content (AvgIpc) is 2.83. The van der Waals surface area contributed by atoms with Gasteiger partial charge >= 0.3 is 5.97 Å². The van der Waals surface area contributed by atoms with Gasteiger partial charge in [0.2, 0.25) is 11.8 Å². The number of carbonyl (C=O) groups excluding carboxylic acids is 3. The molecule has 0 saturated heterocycles. The van der Waals surface area contributed by atoms with Gasteiger partial charge in [0.25, 0.3) is 0 Å². The fourth-order valence-electron chi connectivity index (χ4n) is 4.33. The lowest BCUT2D eigenvalue weighted by Gasteiger charge is -2.45. The molecule has 4 rings (SSSR count). The predicted molar refractivity (Wildman–Crippen MR) is 119 cm³/mol. The number of halogens is 1. The molecule has 1 aromatic carbocycles. The Labute approximate surface area is 195 Å². The first-order valence-corrected chi connectivity index (χ1v) is 11.0. The third kappa shape index (κ3) is 3.87. The lowest BCUT2D eigenvalue weighted by atomic mass is 9.76. The van der Waals surface area contributed by atoms with E-state index in [2.05, 4.69) is 10.3 Å². The summed E-state index contributed by atoms with van der Waals surface area (Å²) in [6.45, 7) is 2.98. The third-order valence-electron chi connectivity index (χ3n) is 6.24. The number of esters is 1. The van der Waals surface area contributed by atoms with E-state index in [-0.39, 0.29) is 42.7 Å². The first kappa shape index (κ1) is 23.6. The summed E-state index contributed by atoms with van der Waals surface area (Å²) < 4.78 is 24.6. The van der Waals surface area contributed by atoms with Crippen molar-refractivity contribution in [3.63, 3.8) is 0 Å². The van der Waals surface area contributed by atoms with Crippen molar-refractivity contribution >= 4 is 23.5 Å². The lowest BCUT2D eigenvalue weighted by Crippen LogP contribution is -2.58. The van der Waals surface area contributed by atoms with Crippen LogP contribution in [0, 0.1) is 11.2 Å². The Morgan fingerprint density at radius 3 is 2.71 bits per heavy atom. The number of aliphatic hydroxyl groups excluding tert-OH is 1. The summed E-state index contributed by atoms with van der Waals surface area (Å²) in [7, 11) is 1.50. The van der Waals surface area contributed by atoms with Crippen molar-refractivity contribution in [2.45, 2.75) is 38.9 Å². The molecule has 9 nitrogen and oxygen atoms in total. The molecule has 0 spiro atoms. The Morgan fingerprint density at radius 2 is 2.06 bits per heavy atom. The molecule has 2 aromatic rings. The highest BCUT2D eigenvalue weighted by Crippen LogP contribution is 2.51. The molecule has 34 heavy (non-hydrogen) atoms. The van der Waals surface area contributed by atoms with Gasteiger partial charge in [-0.25, -0.2) is 4.39 Å². The number of pyridine rings is 1. The Bertz CT molecular complexity index is 1140. The van der Waals surface area contributed by atoms with Gasteiger partial charge in [0, 0.05) is 25.2 Å². The molecule has 2 amide bonds. The van der Waals surface area contributed by atoms with Crippen molar-refractivity contribution < 1.29 is 33.4 Å². The van der Waals surface area contributed by atoms with Crippen LogP contribution in [0.1, 0.15) is 43.2 Å². The van der Waals surface area contributed by atoms with Gasteiger partial charge in [-0.15, -0.1) is 0 Å². The molecule has 0 saturated carbocycles. The predicted octanol–water partition coefficient (Wildman–Crippen LogP) is 1.66. The Kier molecular flexibility index (Phi) is 6.26. The number of hydrogen-bond donors (Lipinski definition) is 2. The van der Waals surface area contributed by atoms with Crippen molar-refractivity contribution in [1.29, 1.82) is 0 Å². The molecule has 3 atom stereocenters. The minimum Gasteiger partial charge on any atom is -0.485 e. The number of benzene rings is 1. The monoisotopic (exact) mass is 471 g/mol. The van der Waals surface area contributed by atoms with Crippen LogP contribution in [-0.4, -0.2) is 54.2 Å². The fraction of sp³-hybridized carbons (Fsp3) is 0.417. The molecule has 0 fully saturated rings. The van der Waals surface area contributed by atoms with Crippen LogP contribution in [0.15, 0.2) is 30.5 Å². The van der Waals surface area contributed by atoms with E-state index in [0.717, 1.165) is 5.56 Å². The summed E-state index contributed by atoms with van der Waals surface area (Å²) in [6.07, 6.45) is -0.451. The Morgan fingerprint density at radius 1 is 1.35 bits per heavy atom. The normalized spacial score (nSPS) is 23.1. The molecule has 3 unspecified atom stereocenters. The molecule has 180 valence electrons. The van der Waals surface area contributed by atoms with Gasteiger partial charge in [-0.05, 0) is 31.5 Å². The van der Waals surface area contributed by atoms with Gasteiger partial charge in [0.15, 0.2) is 11.2 Å². The van der Waals surface area contributed by atoms with Crippen LogP contribution < -0.4 is 15.0 Å². The summed E-state index contributed by atoms with van der Waals surface area (Å²) in [5.74, 6) is -1.86. The highest BCUT2D eigenvalue weighted by molar-refractivity contribution is 6.13. The van der Waals surface area contributed by atoms with Crippen LogP contribution in [0.4, 0.5) is 10.1 Å². The maximum absolute atomic E-state index is 13.6. The van der Waals surface area contributed by atoms with Crippen LogP contribution in [-0.2, 0) is 25.5 Å². The second kappa shape index (κ2) is 9.02. The second-order valence-electron chi connectivity index (χ2n) is 8.51. The van der Waals surface area contributed by atoms with E-state index < -0.39 is 29.5 Å². The standard InChI is InChI=1S/C24H26FN3O6/c1-4-33-23(32)24(2)21(30)18-19-20(14(11-27-18)9-13-5-7-15(25)8-6-13)34-16(10-17(29)26-3)12-28(19)22(24)31/h5-8,11,16,21,30H,4,9-10,12H2,1-3H3,(H,26,29). The van der Waals surface area contributed by atoms with Gasteiger partial charge < -0.3 is 24.8 Å². The number of hydrogen-bond acceptors (Lipinski definition) is 7. The number of nitrogens with one attached hydrogen (secondary N) is 1. The summed E-state index contributed by atoms with van der Waals surface area (Å²) in [5.41, 5.74) is -0.141. The number of aromatic nitrogens is 1. The van der Waals surface area contributed by atoms with Gasteiger partial charge in [-0.3, -0.25) is 19.4 Å². The molecule has 2 N–H and O–H groups in total. The van der Waals surface area contributed by atoms with Crippen molar-refractivity contribution in [3.05, 3.63) is 53.1 Å². The van der Waals surface area contributed by atoms with E-state index in [0.29, 0.717) is 17.7 Å². The number of ether oxygens (including phenoxy) is 2. The number of anilines is 1. The molecule has 2 aliphatic rings. The zero-order valence-corrected chi connectivity index (χ0v) is 19.1. The molecule has 2 aliphatic heterocycles. The minimum atomic E-state index is -1.90. The molecule has 0 radical (unpaired) electrons. The largest absolute Gasteiger partial charge is 0.485 e. The van der Waals surface area contributed by atoms with E-state index >= 15 is 0 Å². The maximum Gasteiger partial charge on any atom is 0.324 e. The van der Waals surface area contributed by atoms with Crippen LogP contribution in [0.5, 0.6) is 5.75 Å². The maximum atomic E-state index is 13.6. The molecule has 1 aromatic heterocycles. The minimum absolute atomic E-state index is 0.00432. The zero-order chi connectivity index (χ0) is 24.6. The van der Waals surface area contributed by atoms with E-state index in [9.17, 15) is 23.9 Å². The summed E-state index contributed by atoms with van der Waals surface area (Å²) in [5, 5.41) is 13.6. The molecule has 0 aliphatic carbocycles. The van der Waals surface area contributed by atoms with E-state index in [1.54, 1.807) is 19.1 Å². The Hall–Kier alpha value is -3.53. The van der Waals surface area contributed by atoms with Crippen molar-refractivity contribution in [2.75, 3.05) is 25.1 Å². The smallest absolute Gasteiger partial charge is 0.324 e. The van der Waals surface area contributed by atoms with Gasteiger partial charge in [-0.2, -0.15) is 0 Å². The number of nitrogens with zero attached hydrogens (tertiary/aromatic N) is 2. The highest BCUT2D eigenvalue weighted by atomic mass is 19.1. The van der Waals surface area contributed by atoms with Gasteiger partial charge in [-0.1, -0.05) is 12.1 Å².